The highest BCUT2D eigenvalue weighted by molar-refractivity contribution is 7.13. The maximum atomic E-state index is 5.82. The SMILES string of the molecule is CC1CN(c2nc(C(C)N)cs2)C(C)CO1. The number of nitrogens with two attached hydrogens (primary N) is 1. The Morgan fingerprint density at radius 1 is 1.62 bits per heavy atom. The number of ether oxygens (including phenoxy) is 1. The summed E-state index contributed by atoms with van der Waals surface area (Å²) in [5.41, 5.74) is 6.80. The number of anilines is 1. The van der Waals surface area contributed by atoms with Crippen LogP contribution in [0.2, 0.25) is 0 Å². The Morgan fingerprint density at radius 2 is 2.38 bits per heavy atom. The Hall–Kier alpha value is -0.650. The number of aromatic nitrogens is 1. The second kappa shape index (κ2) is 4.69. The molecule has 1 saturated heterocycles. The summed E-state index contributed by atoms with van der Waals surface area (Å²) in [6.07, 6.45) is 0.277. The highest BCUT2D eigenvalue weighted by atomic mass is 32.1. The number of thiazole rings is 1. The molecule has 1 aliphatic heterocycles. The summed E-state index contributed by atoms with van der Waals surface area (Å²) in [7, 11) is 0. The Balaban J connectivity index is 2.15. The molecule has 0 aromatic carbocycles. The van der Waals surface area contributed by atoms with E-state index in [1.54, 1.807) is 11.3 Å². The van der Waals surface area contributed by atoms with E-state index in [1.165, 1.54) is 0 Å². The molecule has 4 nitrogen and oxygen atoms in total. The smallest absolute Gasteiger partial charge is 0.185 e. The summed E-state index contributed by atoms with van der Waals surface area (Å²) in [5.74, 6) is 0. The lowest BCUT2D eigenvalue weighted by Crippen LogP contribution is -2.47. The van der Waals surface area contributed by atoms with Gasteiger partial charge in [0.25, 0.3) is 0 Å². The average Bonchev–Trinajstić information content (AvgIpc) is 2.70. The minimum atomic E-state index is 0.0128. The van der Waals surface area contributed by atoms with Gasteiger partial charge >= 0.3 is 0 Å². The van der Waals surface area contributed by atoms with Gasteiger partial charge in [0, 0.05) is 18.0 Å². The molecule has 1 aliphatic rings. The third kappa shape index (κ3) is 2.36. The van der Waals surface area contributed by atoms with Gasteiger partial charge in [-0.2, -0.15) is 0 Å². The number of nitrogens with zero attached hydrogens (tertiary/aromatic N) is 2. The van der Waals surface area contributed by atoms with Gasteiger partial charge in [0.2, 0.25) is 0 Å². The van der Waals surface area contributed by atoms with Crippen LogP contribution in [-0.4, -0.2) is 30.3 Å². The van der Waals surface area contributed by atoms with E-state index in [0.29, 0.717) is 6.04 Å². The monoisotopic (exact) mass is 241 g/mol. The van der Waals surface area contributed by atoms with Crippen LogP contribution < -0.4 is 10.6 Å². The molecule has 0 aliphatic carbocycles. The Bertz CT molecular complexity index is 353. The lowest BCUT2D eigenvalue weighted by Gasteiger charge is -2.36. The molecule has 3 unspecified atom stereocenters. The maximum Gasteiger partial charge on any atom is 0.185 e. The zero-order valence-corrected chi connectivity index (χ0v) is 10.8. The molecule has 0 saturated carbocycles. The van der Waals surface area contributed by atoms with E-state index in [2.05, 4.69) is 23.7 Å². The van der Waals surface area contributed by atoms with Crippen LogP contribution in [-0.2, 0) is 4.74 Å². The van der Waals surface area contributed by atoms with E-state index in [-0.39, 0.29) is 12.1 Å². The minimum absolute atomic E-state index is 0.0128. The van der Waals surface area contributed by atoms with Gasteiger partial charge in [0.05, 0.1) is 24.4 Å². The van der Waals surface area contributed by atoms with Crippen molar-refractivity contribution in [1.82, 2.24) is 4.98 Å². The normalized spacial score (nSPS) is 28.1. The first-order valence-electron chi connectivity index (χ1n) is 5.67. The summed E-state index contributed by atoms with van der Waals surface area (Å²) >= 11 is 1.67. The van der Waals surface area contributed by atoms with Crippen molar-refractivity contribution in [3.05, 3.63) is 11.1 Å². The highest BCUT2D eigenvalue weighted by Gasteiger charge is 2.25. The molecule has 3 atom stereocenters. The minimum Gasteiger partial charge on any atom is -0.375 e. The van der Waals surface area contributed by atoms with E-state index in [4.69, 9.17) is 10.5 Å². The van der Waals surface area contributed by atoms with Crippen LogP contribution >= 0.6 is 11.3 Å². The van der Waals surface area contributed by atoms with Crippen molar-refractivity contribution < 1.29 is 4.74 Å². The van der Waals surface area contributed by atoms with E-state index in [9.17, 15) is 0 Å². The first-order valence-corrected chi connectivity index (χ1v) is 6.55. The molecule has 1 aromatic rings. The number of morpholine rings is 1. The third-order valence-electron chi connectivity index (χ3n) is 2.83. The summed E-state index contributed by atoms with van der Waals surface area (Å²) in [6.45, 7) is 7.91. The molecular weight excluding hydrogens is 222 g/mol. The van der Waals surface area contributed by atoms with Gasteiger partial charge in [0.1, 0.15) is 0 Å². The van der Waals surface area contributed by atoms with E-state index in [0.717, 1.165) is 24.0 Å². The zero-order chi connectivity index (χ0) is 11.7. The highest BCUT2D eigenvalue weighted by Crippen LogP contribution is 2.27. The molecule has 16 heavy (non-hydrogen) atoms. The number of rotatable bonds is 2. The van der Waals surface area contributed by atoms with Crippen LogP contribution in [0.1, 0.15) is 32.5 Å². The molecule has 0 radical (unpaired) electrons. The molecule has 0 spiro atoms. The summed E-state index contributed by atoms with van der Waals surface area (Å²) in [6, 6.07) is 0.405. The van der Waals surface area contributed by atoms with E-state index >= 15 is 0 Å². The van der Waals surface area contributed by atoms with Crippen molar-refractivity contribution in [3.8, 4) is 0 Å². The van der Waals surface area contributed by atoms with Crippen molar-refractivity contribution in [2.24, 2.45) is 5.73 Å². The number of hydrogen-bond acceptors (Lipinski definition) is 5. The zero-order valence-electron chi connectivity index (χ0n) is 10.0. The topological polar surface area (TPSA) is 51.4 Å². The van der Waals surface area contributed by atoms with Gasteiger partial charge in [-0.05, 0) is 20.8 Å². The van der Waals surface area contributed by atoms with Crippen LogP contribution in [0, 0.1) is 0 Å². The fraction of sp³-hybridized carbons (Fsp3) is 0.727. The fourth-order valence-corrected chi connectivity index (χ4v) is 2.83. The molecule has 2 heterocycles. The molecule has 90 valence electrons. The van der Waals surface area contributed by atoms with E-state index in [1.807, 2.05) is 12.3 Å². The van der Waals surface area contributed by atoms with Crippen LogP contribution in [0.4, 0.5) is 5.13 Å². The molecule has 0 amide bonds. The van der Waals surface area contributed by atoms with Gasteiger partial charge < -0.3 is 15.4 Å². The molecule has 1 fully saturated rings. The van der Waals surface area contributed by atoms with Gasteiger partial charge in [-0.3, -0.25) is 0 Å². The predicted octanol–water partition coefficient (Wildman–Crippen LogP) is 1.78. The molecule has 0 bridgehead atoms. The third-order valence-corrected chi connectivity index (χ3v) is 3.73. The van der Waals surface area contributed by atoms with E-state index < -0.39 is 0 Å². The molecule has 2 N–H and O–H groups in total. The van der Waals surface area contributed by atoms with Crippen LogP contribution in [0.25, 0.3) is 0 Å². The standard InChI is InChI=1S/C11H19N3OS/c1-7-5-15-8(2)4-14(7)11-13-10(6-16-11)9(3)12/h6-9H,4-5,12H2,1-3H3. The second-order valence-electron chi connectivity index (χ2n) is 4.49. The lowest BCUT2D eigenvalue weighted by molar-refractivity contribution is 0.0343. The Labute approximate surface area is 100 Å². The summed E-state index contributed by atoms with van der Waals surface area (Å²) in [5, 5.41) is 3.11. The van der Waals surface area contributed by atoms with Crippen molar-refractivity contribution in [1.29, 1.82) is 0 Å². The second-order valence-corrected chi connectivity index (χ2v) is 5.33. The van der Waals surface area contributed by atoms with Crippen LogP contribution in [0.15, 0.2) is 5.38 Å². The van der Waals surface area contributed by atoms with Gasteiger partial charge in [-0.25, -0.2) is 4.98 Å². The number of hydrogen-bond donors (Lipinski definition) is 1. The first kappa shape index (κ1) is 11.8. The summed E-state index contributed by atoms with van der Waals surface area (Å²) < 4.78 is 5.61. The van der Waals surface area contributed by atoms with Crippen molar-refractivity contribution in [2.75, 3.05) is 18.1 Å². The van der Waals surface area contributed by atoms with Gasteiger partial charge in [-0.15, -0.1) is 11.3 Å². The molecule has 2 rings (SSSR count). The van der Waals surface area contributed by atoms with Crippen molar-refractivity contribution in [3.63, 3.8) is 0 Å². The van der Waals surface area contributed by atoms with Crippen molar-refractivity contribution >= 4 is 16.5 Å². The van der Waals surface area contributed by atoms with Crippen LogP contribution in [0.5, 0.6) is 0 Å². The quantitative estimate of drug-likeness (QED) is 0.857. The molecular formula is C11H19N3OS. The largest absolute Gasteiger partial charge is 0.375 e. The first-order chi connectivity index (χ1) is 7.58. The van der Waals surface area contributed by atoms with Gasteiger partial charge in [-0.1, -0.05) is 0 Å². The Kier molecular flexibility index (Phi) is 3.47. The van der Waals surface area contributed by atoms with Crippen LogP contribution in [0.3, 0.4) is 0 Å². The van der Waals surface area contributed by atoms with Crippen molar-refractivity contribution in [2.45, 2.75) is 39.0 Å². The maximum absolute atomic E-state index is 5.82. The summed E-state index contributed by atoms with van der Waals surface area (Å²) in [4.78, 5) is 6.89. The molecule has 5 heteroatoms. The average molecular weight is 241 g/mol. The fourth-order valence-electron chi connectivity index (χ4n) is 1.79. The van der Waals surface area contributed by atoms with Gasteiger partial charge in [0.15, 0.2) is 5.13 Å². The predicted molar refractivity (Wildman–Crippen MR) is 66.9 cm³/mol. The lowest BCUT2D eigenvalue weighted by atomic mass is 10.2. The molecule has 1 aromatic heterocycles. The Morgan fingerprint density at radius 3 is 3.00 bits per heavy atom.